The zero-order valence-corrected chi connectivity index (χ0v) is 14.4. The number of halogens is 1. The molecule has 0 atom stereocenters. The molecule has 4 nitrogen and oxygen atoms in total. The average molecular weight is 345 g/mol. The van der Waals surface area contributed by atoms with E-state index in [0.29, 0.717) is 18.1 Å². The van der Waals surface area contributed by atoms with E-state index in [0.717, 1.165) is 17.7 Å². The van der Waals surface area contributed by atoms with E-state index in [1.807, 2.05) is 54.6 Å². The molecule has 0 heterocycles. The minimum absolute atomic E-state index is 0.0310. The molecule has 2 aromatic rings. The lowest BCUT2D eigenvalue weighted by atomic mass is 10.1. The fourth-order valence-corrected chi connectivity index (χ4v) is 2.45. The Hall–Kier alpha value is -2.33. The molecule has 0 aliphatic rings. The highest BCUT2D eigenvalue weighted by Gasteiger charge is 2.11. The van der Waals surface area contributed by atoms with Gasteiger partial charge in [-0.1, -0.05) is 41.9 Å². The maximum absolute atomic E-state index is 12.0. The molecular formula is C19H21ClN2O2. The molecule has 126 valence electrons. The standard InChI is InChI=1S/C19H21ClN2O2/c1-15(23)22(13-11-16-7-9-17(20)10-8-16)14-12-19(24)21-18-5-3-2-4-6-18/h2-10H,11-14H2,1H3,(H,21,24). The Kier molecular flexibility index (Phi) is 6.82. The van der Waals surface area contributed by atoms with Gasteiger partial charge in [-0.2, -0.15) is 0 Å². The zero-order valence-electron chi connectivity index (χ0n) is 13.7. The van der Waals surface area contributed by atoms with E-state index in [1.165, 1.54) is 6.92 Å². The number of benzene rings is 2. The molecule has 24 heavy (non-hydrogen) atoms. The van der Waals surface area contributed by atoms with Crippen molar-refractivity contribution in [2.75, 3.05) is 18.4 Å². The first kappa shape index (κ1) is 18.0. The minimum Gasteiger partial charge on any atom is -0.342 e. The Bertz CT molecular complexity index is 672. The van der Waals surface area contributed by atoms with Crippen molar-refractivity contribution in [3.63, 3.8) is 0 Å². The third-order valence-electron chi connectivity index (χ3n) is 3.70. The summed E-state index contributed by atoms with van der Waals surface area (Å²) in [6.07, 6.45) is 1.01. The van der Waals surface area contributed by atoms with Gasteiger partial charge in [-0.05, 0) is 36.2 Å². The Morgan fingerprint density at radius 2 is 1.67 bits per heavy atom. The number of para-hydroxylation sites is 1. The summed E-state index contributed by atoms with van der Waals surface area (Å²) in [5.74, 6) is -0.129. The van der Waals surface area contributed by atoms with Gasteiger partial charge in [0.25, 0.3) is 0 Å². The van der Waals surface area contributed by atoms with Gasteiger partial charge in [0.05, 0.1) is 0 Å². The molecule has 0 bridgehead atoms. The summed E-state index contributed by atoms with van der Waals surface area (Å²) in [6.45, 7) is 2.51. The van der Waals surface area contributed by atoms with Crippen molar-refractivity contribution in [2.24, 2.45) is 0 Å². The average Bonchev–Trinajstić information content (AvgIpc) is 2.57. The first-order chi connectivity index (χ1) is 11.5. The van der Waals surface area contributed by atoms with Crippen LogP contribution in [0.2, 0.25) is 5.02 Å². The highest BCUT2D eigenvalue weighted by molar-refractivity contribution is 6.30. The number of nitrogens with zero attached hydrogens (tertiary/aromatic N) is 1. The number of nitrogens with one attached hydrogen (secondary N) is 1. The second-order valence-electron chi connectivity index (χ2n) is 5.55. The maximum Gasteiger partial charge on any atom is 0.226 e. The van der Waals surface area contributed by atoms with Gasteiger partial charge >= 0.3 is 0 Å². The van der Waals surface area contributed by atoms with Gasteiger partial charge in [0, 0.05) is 37.1 Å². The lowest BCUT2D eigenvalue weighted by molar-refractivity contribution is -0.129. The smallest absolute Gasteiger partial charge is 0.226 e. The van der Waals surface area contributed by atoms with Gasteiger partial charge in [0.1, 0.15) is 0 Å². The largest absolute Gasteiger partial charge is 0.342 e. The predicted octanol–water partition coefficient (Wildman–Crippen LogP) is 3.76. The molecule has 0 fully saturated rings. The van der Waals surface area contributed by atoms with E-state index in [-0.39, 0.29) is 18.2 Å². The summed E-state index contributed by atoms with van der Waals surface area (Å²) >= 11 is 5.87. The lowest BCUT2D eigenvalue weighted by Gasteiger charge is -2.21. The first-order valence-corrected chi connectivity index (χ1v) is 8.27. The molecule has 0 saturated heterocycles. The maximum atomic E-state index is 12.0. The van der Waals surface area contributed by atoms with Gasteiger partial charge in [0.15, 0.2) is 0 Å². The summed E-state index contributed by atoms with van der Waals surface area (Å²) in [6, 6.07) is 16.9. The normalized spacial score (nSPS) is 10.2. The van der Waals surface area contributed by atoms with E-state index in [4.69, 9.17) is 11.6 Å². The molecule has 2 aromatic carbocycles. The van der Waals surface area contributed by atoms with Crippen LogP contribution >= 0.6 is 11.6 Å². The monoisotopic (exact) mass is 344 g/mol. The van der Waals surface area contributed by atoms with E-state index in [9.17, 15) is 9.59 Å². The van der Waals surface area contributed by atoms with Crippen LogP contribution in [0.1, 0.15) is 18.9 Å². The zero-order chi connectivity index (χ0) is 17.4. The summed E-state index contributed by atoms with van der Waals surface area (Å²) < 4.78 is 0. The van der Waals surface area contributed by atoms with Gasteiger partial charge < -0.3 is 10.2 Å². The van der Waals surface area contributed by atoms with Crippen LogP contribution in [0.4, 0.5) is 5.69 Å². The molecular weight excluding hydrogens is 324 g/mol. The molecule has 1 N–H and O–H groups in total. The van der Waals surface area contributed by atoms with E-state index in [1.54, 1.807) is 4.90 Å². The Balaban J connectivity index is 1.81. The van der Waals surface area contributed by atoms with Crippen LogP contribution in [0.3, 0.4) is 0 Å². The third-order valence-corrected chi connectivity index (χ3v) is 3.95. The van der Waals surface area contributed by atoms with Crippen LogP contribution in [0.25, 0.3) is 0 Å². The first-order valence-electron chi connectivity index (χ1n) is 7.89. The number of hydrogen-bond donors (Lipinski definition) is 1. The van der Waals surface area contributed by atoms with Crippen LogP contribution in [0, 0.1) is 0 Å². The molecule has 0 unspecified atom stereocenters. The summed E-state index contributed by atoms with van der Waals surface area (Å²) in [7, 11) is 0. The summed E-state index contributed by atoms with van der Waals surface area (Å²) in [4.78, 5) is 25.4. The molecule has 2 amide bonds. The molecule has 0 aliphatic heterocycles. The van der Waals surface area contributed by atoms with Crippen molar-refractivity contribution >= 4 is 29.1 Å². The SMILES string of the molecule is CC(=O)N(CCC(=O)Nc1ccccc1)CCc1ccc(Cl)cc1. The van der Waals surface area contributed by atoms with Crippen molar-refractivity contribution in [2.45, 2.75) is 19.8 Å². The van der Waals surface area contributed by atoms with Crippen LogP contribution in [0.5, 0.6) is 0 Å². The van der Waals surface area contributed by atoms with Crippen LogP contribution in [-0.4, -0.2) is 29.8 Å². The number of amides is 2. The highest BCUT2D eigenvalue weighted by Crippen LogP contribution is 2.11. The van der Waals surface area contributed by atoms with Gasteiger partial charge in [-0.15, -0.1) is 0 Å². The number of carbonyl (C=O) groups excluding carboxylic acids is 2. The van der Waals surface area contributed by atoms with Crippen molar-refractivity contribution < 1.29 is 9.59 Å². The molecule has 0 saturated carbocycles. The summed E-state index contributed by atoms with van der Waals surface area (Å²) in [5.41, 5.74) is 1.87. The van der Waals surface area contributed by atoms with Gasteiger partial charge in [-0.25, -0.2) is 0 Å². The molecule has 0 spiro atoms. The number of carbonyl (C=O) groups is 2. The summed E-state index contributed by atoms with van der Waals surface area (Å²) in [5, 5.41) is 3.52. The lowest BCUT2D eigenvalue weighted by Crippen LogP contribution is -2.33. The fraction of sp³-hybridized carbons (Fsp3) is 0.263. The van der Waals surface area contributed by atoms with Crippen molar-refractivity contribution in [1.29, 1.82) is 0 Å². The number of anilines is 1. The Labute approximate surface area is 147 Å². The van der Waals surface area contributed by atoms with Crippen molar-refractivity contribution in [3.8, 4) is 0 Å². The molecule has 2 rings (SSSR count). The molecule has 0 radical (unpaired) electrons. The van der Waals surface area contributed by atoms with E-state index in [2.05, 4.69) is 5.32 Å². The van der Waals surface area contributed by atoms with Crippen molar-refractivity contribution in [3.05, 3.63) is 65.2 Å². The molecule has 0 aromatic heterocycles. The second-order valence-corrected chi connectivity index (χ2v) is 5.98. The fourth-order valence-electron chi connectivity index (χ4n) is 2.32. The minimum atomic E-state index is -0.0982. The van der Waals surface area contributed by atoms with Gasteiger partial charge in [0.2, 0.25) is 11.8 Å². The van der Waals surface area contributed by atoms with Crippen molar-refractivity contribution in [1.82, 2.24) is 4.90 Å². The second kappa shape index (κ2) is 9.08. The number of hydrogen-bond acceptors (Lipinski definition) is 2. The van der Waals surface area contributed by atoms with Crippen LogP contribution < -0.4 is 5.32 Å². The predicted molar refractivity (Wildman–Crippen MR) is 97.1 cm³/mol. The topological polar surface area (TPSA) is 49.4 Å². The molecule has 0 aliphatic carbocycles. The highest BCUT2D eigenvalue weighted by atomic mass is 35.5. The third kappa shape index (κ3) is 6.05. The van der Waals surface area contributed by atoms with E-state index >= 15 is 0 Å². The van der Waals surface area contributed by atoms with Crippen LogP contribution in [-0.2, 0) is 16.0 Å². The Morgan fingerprint density at radius 1 is 1.00 bits per heavy atom. The Morgan fingerprint density at radius 3 is 2.29 bits per heavy atom. The van der Waals surface area contributed by atoms with Gasteiger partial charge in [-0.3, -0.25) is 9.59 Å². The number of rotatable bonds is 7. The van der Waals surface area contributed by atoms with E-state index < -0.39 is 0 Å². The quantitative estimate of drug-likeness (QED) is 0.831. The molecule has 5 heteroatoms. The van der Waals surface area contributed by atoms with Crippen LogP contribution in [0.15, 0.2) is 54.6 Å².